The summed E-state index contributed by atoms with van der Waals surface area (Å²) in [6, 6.07) is 15.6. The quantitative estimate of drug-likeness (QED) is 0.331. The Hall–Kier alpha value is -3.63. The van der Waals surface area contributed by atoms with Gasteiger partial charge in [-0.15, -0.1) is 0 Å². The van der Waals surface area contributed by atoms with Gasteiger partial charge in [-0.25, -0.2) is 4.98 Å². The molecule has 0 atom stereocenters. The minimum atomic E-state index is -0.643. The Morgan fingerprint density at radius 2 is 1.95 bits per heavy atom. The Kier molecular flexibility index (Phi) is 9.19. The van der Waals surface area contributed by atoms with E-state index in [-0.39, 0.29) is 11.3 Å². The van der Waals surface area contributed by atoms with Crippen LogP contribution in [-0.2, 0) is 19.6 Å². The molecule has 7 heteroatoms. The van der Waals surface area contributed by atoms with Crippen LogP contribution in [0, 0.1) is 24.2 Å². The van der Waals surface area contributed by atoms with E-state index in [1.807, 2.05) is 18.2 Å². The fraction of sp³-hybridized carbons (Fsp3) is 0.452. The van der Waals surface area contributed by atoms with Gasteiger partial charge in [0.25, 0.3) is 5.91 Å². The lowest BCUT2D eigenvalue weighted by molar-refractivity contribution is 0.0997. The molecule has 1 aliphatic rings. The minimum Gasteiger partial charge on any atom is -0.507 e. The largest absolute Gasteiger partial charge is 0.507 e. The molecule has 0 unspecified atom stereocenters. The molecule has 4 rings (SSSR count). The molecule has 3 N–H and O–H groups in total. The highest BCUT2D eigenvalue weighted by Gasteiger charge is 2.24. The monoisotopic (exact) mass is 513 g/mol. The number of hydrogen-bond acceptors (Lipinski definition) is 5. The molecule has 0 aliphatic heterocycles. The summed E-state index contributed by atoms with van der Waals surface area (Å²) < 4.78 is 2.24. The molecule has 1 heterocycles. The van der Waals surface area contributed by atoms with E-state index in [9.17, 15) is 15.2 Å². The summed E-state index contributed by atoms with van der Waals surface area (Å²) in [4.78, 5) is 18.8. The predicted molar refractivity (Wildman–Crippen MR) is 149 cm³/mol. The van der Waals surface area contributed by atoms with Gasteiger partial charge in [0.15, 0.2) is 5.69 Å². The van der Waals surface area contributed by atoms with Crippen LogP contribution < -0.4 is 5.73 Å². The van der Waals surface area contributed by atoms with Crippen molar-refractivity contribution >= 4 is 5.91 Å². The Bertz CT molecular complexity index is 1300. The first-order valence-corrected chi connectivity index (χ1v) is 13.8. The lowest BCUT2D eigenvalue weighted by Crippen LogP contribution is -2.31. The number of hydrogen-bond donors (Lipinski definition) is 2. The van der Waals surface area contributed by atoms with Crippen molar-refractivity contribution in [3.8, 4) is 23.2 Å². The molecule has 0 saturated heterocycles. The van der Waals surface area contributed by atoms with Crippen molar-refractivity contribution in [3.63, 3.8) is 0 Å². The number of unbranched alkanes of at least 4 members (excludes halogenated alkanes) is 1. The fourth-order valence-electron chi connectivity index (χ4n) is 5.60. The second-order valence-corrected chi connectivity index (χ2v) is 10.6. The maximum absolute atomic E-state index is 11.6. The van der Waals surface area contributed by atoms with Crippen LogP contribution in [-0.4, -0.2) is 32.0 Å². The number of aryl methyl sites for hydroxylation is 1. The number of benzene rings is 2. The van der Waals surface area contributed by atoms with E-state index in [2.05, 4.69) is 41.5 Å². The molecule has 1 saturated carbocycles. The van der Waals surface area contributed by atoms with Crippen LogP contribution in [0.3, 0.4) is 0 Å². The molecule has 7 nitrogen and oxygen atoms in total. The highest BCUT2D eigenvalue weighted by Crippen LogP contribution is 2.30. The summed E-state index contributed by atoms with van der Waals surface area (Å²) >= 11 is 0. The number of aromatic nitrogens is 2. The normalized spacial score (nSPS) is 14.1. The molecule has 200 valence electrons. The number of primary amides is 1. The van der Waals surface area contributed by atoms with Crippen molar-refractivity contribution in [3.05, 3.63) is 70.5 Å². The third kappa shape index (κ3) is 6.43. The second-order valence-electron chi connectivity index (χ2n) is 10.6. The molecule has 1 aliphatic carbocycles. The number of aromatic hydroxyl groups is 1. The summed E-state index contributed by atoms with van der Waals surface area (Å²) in [6.07, 6.45) is 8.25. The van der Waals surface area contributed by atoms with Crippen LogP contribution in [0.25, 0.3) is 11.4 Å². The van der Waals surface area contributed by atoms with Crippen LogP contribution in [0.2, 0.25) is 0 Å². The first-order valence-electron chi connectivity index (χ1n) is 13.8. The van der Waals surface area contributed by atoms with Crippen molar-refractivity contribution in [2.24, 2.45) is 11.7 Å². The SMILES string of the molecule is CCCCn1c(-c2ccccc2C)nc(C#N)c1CN(Cc1ccc(C(N)=O)c(O)c1)CC1CCCCC1. The standard InChI is InChI=1S/C31H39N5O2/c1-3-4-16-36-28(27(18-32)34-31(36)25-13-9-8-10-22(25)2)21-35(19-23-11-6-5-7-12-23)20-24-14-15-26(30(33)38)29(37)17-24/h8-10,13-15,17,23,37H,3-7,11-12,16,19-21H2,1-2H3,(H2,33,38). The molecule has 1 aromatic heterocycles. The van der Waals surface area contributed by atoms with Crippen molar-refractivity contribution in [1.29, 1.82) is 5.26 Å². The molecule has 1 amide bonds. The first-order chi connectivity index (χ1) is 18.4. The van der Waals surface area contributed by atoms with Gasteiger partial charge < -0.3 is 15.4 Å². The number of phenols is 1. The third-order valence-corrected chi connectivity index (χ3v) is 7.65. The highest BCUT2D eigenvalue weighted by molar-refractivity contribution is 5.95. The zero-order valence-electron chi connectivity index (χ0n) is 22.6. The number of nitrogens with two attached hydrogens (primary N) is 1. The number of nitriles is 1. The van der Waals surface area contributed by atoms with E-state index < -0.39 is 5.91 Å². The van der Waals surface area contributed by atoms with Gasteiger partial charge in [-0.1, -0.05) is 62.9 Å². The molecule has 38 heavy (non-hydrogen) atoms. The Labute approximate surface area is 225 Å². The fourth-order valence-corrected chi connectivity index (χ4v) is 5.60. The molecule has 0 radical (unpaired) electrons. The Morgan fingerprint density at radius 1 is 1.18 bits per heavy atom. The second kappa shape index (κ2) is 12.7. The average molecular weight is 514 g/mol. The number of carbonyl (C=O) groups is 1. The van der Waals surface area contributed by atoms with E-state index in [4.69, 9.17) is 10.7 Å². The van der Waals surface area contributed by atoms with E-state index in [0.717, 1.165) is 54.1 Å². The van der Waals surface area contributed by atoms with Crippen LogP contribution in [0.4, 0.5) is 0 Å². The third-order valence-electron chi connectivity index (χ3n) is 7.65. The predicted octanol–water partition coefficient (Wildman–Crippen LogP) is 5.92. The minimum absolute atomic E-state index is 0.0971. The van der Waals surface area contributed by atoms with Gasteiger partial charge in [0, 0.05) is 31.7 Å². The average Bonchev–Trinajstić information content (AvgIpc) is 3.24. The first kappa shape index (κ1) is 27.4. The van der Waals surface area contributed by atoms with Crippen LogP contribution in [0.15, 0.2) is 42.5 Å². The number of amides is 1. The lowest BCUT2D eigenvalue weighted by Gasteiger charge is -2.30. The summed E-state index contributed by atoms with van der Waals surface area (Å²) in [6.45, 7) is 7.13. The number of carbonyl (C=O) groups excluding carboxylic acids is 1. The highest BCUT2D eigenvalue weighted by atomic mass is 16.3. The zero-order valence-corrected chi connectivity index (χ0v) is 22.6. The summed E-state index contributed by atoms with van der Waals surface area (Å²) in [5, 5.41) is 20.5. The van der Waals surface area contributed by atoms with Crippen LogP contribution in [0.5, 0.6) is 5.75 Å². The van der Waals surface area contributed by atoms with Crippen molar-refractivity contribution < 1.29 is 9.90 Å². The van der Waals surface area contributed by atoms with Crippen molar-refractivity contribution in [2.75, 3.05) is 6.54 Å². The summed E-state index contributed by atoms with van der Waals surface area (Å²) in [7, 11) is 0. The van der Waals surface area contributed by atoms with Gasteiger partial charge in [0.05, 0.1) is 11.3 Å². The van der Waals surface area contributed by atoms with Crippen molar-refractivity contribution in [2.45, 2.75) is 78.4 Å². The molecule has 2 aromatic carbocycles. The molecular weight excluding hydrogens is 474 g/mol. The van der Waals surface area contributed by atoms with Crippen LogP contribution in [0.1, 0.15) is 84.7 Å². The molecule has 0 bridgehead atoms. The number of imidazole rings is 1. The maximum Gasteiger partial charge on any atom is 0.252 e. The van der Waals surface area contributed by atoms with E-state index >= 15 is 0 Å². The van der Waals surface area contributed by atoms with E-state index in [1.54, 1.807) is 12.1 Å². The maximum atomic E-state index is 11.6. The molecular formula is C31H39N5O2. The summed E-state index contributed by atoms with van der Waals surface area (Å²) in [5.74, 6) is 0.704. The van der Waals surface area contributed by atoms with Gasteiger partial charge >= 0.3 is 0 Å². The van der Waals surface area contributed by atoms with Gasteiger partial charge in [0.2, 0.25) is 0 Å². The van der Waals surface area contributed by atoms with Gasteiger partial charge in [-0.05, 0) is 55.4 Å². The van der Waals surface area contributed by atoms with Gasteiger partial charge in [0.1, 0.15) is 17.6 Å². The molecule has 3 aromatic rings. The number of rotatable bonds is 11. The smallest absolute Gasteiger partial charge is 0.252 e. The van der Waals surface area contributed by atoms with Crippen molar-refractivity contribution in [1.82, 2.24) is 14.5 Å². The Balaban J connectivity index is 1.71. The van der Waals surface area contributed by atoms with E-state index in [0.29, 0.717) is 24.7 Å². The number of nitrogens with zero attached hydrogens (tertiary/aromatic N) is 4. The molecule has 1 fully saturated rings. The van der Waals surface area contributed by atoms with Gasteiger partial charge in [-0.3, -0.25) is 9.69 Å². The molecule has 0 spiro atoms. The topological polar surface area (TPSA) is 108 Å². The van der Waals surface area contributed by atoms with Crippen LogP contribution >= 0.6 is 0 Å². The van der Waals surface area contributed by atoms with Gasteiger partial charge in [-0.2, -0.15) is 5.26 Å². The van der Waals surface area contributed by atoms with E-state index in [1.165, 1.54) is 32.1 Å². The summed E-state index contributed by atoms with van der Waals surface area (Å²) in [5.41, 5.74) is 10.0. The Morgan fingerprint density at radius 3 is 2.61 bits per heavy atom. The lowest BCUT2D eigenvalue weighted by atomic mass is 9.89. The zero-order chi connectivity index (χ0) is 27.1.